The largest absolute Gasteiger partial charge is 0.416 e. The van der Waals surface area contributed by atoms with Gasteiger partial charge in [0.2, 0.25) is 5.70 Å². The van der Waals surface area contributed by atoms with Crippen molar-refractivity contribution in [1.29, 1.82) is 15.8 Å². The molecule has 2 aliphatic carbocycles. The Morgan fingerprint density at radius 1 is 0.689 bits per heavy atom. The van der Waals surface area contributed by atoms with Gasteiger partial charge in [-0.15, -0.1) is 0 Å². The van der Waals surface area contributed by atoms with Crippen LogP contribution in [0, 0.1) is 72.3 Å². The molecule has 3 aromatic carbocycles. The number of rotatable bonds is 2. The number of aryl methyl sites for hydroxylation is 1. The number of allylic oxidation sites excluding steroid dienone is 7. The van der Waals surface area contributed by atoms with Gasteiger partial charge in [0, 0.05) is 27.8 Å². The molecule has 6 nitrogen and oxygen atoms in total. The van der Waals surface area contributed by atoms with Gasteiger partial charge in [-0.3, -0.25) is 0 Å². The fraction of sp³-hybridized carbons (Fsp3) is 0.0588. The Morgan fingerprint density at radius 3 is 1.62 bits per heavy atom. The minimum atomic E-state index is -4.72. The zero-order chi connectivity index (χ0) is 32.8. The van der Waals surface area contributed by atoms with Crippen molar-refractivity contribution in [2.24, 2.45) is 0 Å². The van der Waals surface area contributed by atoms with Crippen LogP contribution in [0.25, 0.3) is 48.1 Å². The monoisotopic (exact) mass is 598 g/mol. The third-order valence-electron chi connectivity index (χ3n) is 7.33. The number of nitrogens with zero attached hydrogens (tertiary/aromatic N) is 6. The van der Waals surface area contributed by atoms with Crippen LogP contribution in [0.15, 0.2) is 59.9 Å². The highest BCUT2D eigenvalue weighted by Crippen LogP contribution is 2.57. The highest BCUT2D eigenvalue weighted by molar-refractivity contribution is 6.29. The Balaban J connectivity index is 1.98. The molecule has 0 saturated heterocycles. The topological polar surface area (TPSA) is 84.4 Å². The average molecular weight is 598 g/mol. The maximum Gasteiger partial charge on any atom is 0.416 e. The van der Waals surface area contributed by atoms with Crippen LogP contribution < -0.4 is 0 Å². The van der Waals surface area contributed by atoms with Gasteiger partial charge in [-0.25, -0.2) is 33.8 Å². The lowest BCUT2D eigenvalue weighted by molar-refractivity contribution is -0.137. The Kier molecular flexibility index (Phi) is 7.13. The number of halogens is 5. The lowest BCUT2D eigenvalue weighted by Gasteiger charge is -2.15. The standard InChI is InChI=1S/C34H11F5N6/c1-16-5-7-18(8-6-16)24-27(22(15-42)44-3)29-30(33(24)45-4)32(36)28-25(31(29)35)20(13-40)23(26(28)21(14-41)43-2)17-9-11-19(12-10-17)34(37,38)39/h5-12H,1H3/b26-21-,27-22+. The van der Waals surface area contributed by atoms with Crippen molar-refractivity contribution in [3.8, 4) is 18.2 Å². The molecule has 0 N–H and O–H groups in total. The smallest absolute Gasteiger partial charge is 0.237 e. The van der Waals surface area contributed by atoms with Gasteiger partial charge in [0.1, 0.15) is 17.7 Å². The summed E-state index contributed by atoms with van der Waals surface area (Å²) in [6, 6.07) is 14.7. The van der Waals surface area contributed by atoms with E-state index in [1.165, 1.54) is 0 Å². The van der Waals surface area contributed by atoms with Crippen LogP contribution in [-0.4, -0.2) is 0 Å². The molecule has 0 heterocycles. The third kappa shape index (κ3) is 4.33. The summed E-state index contributed by atoms with van der Waals surface area (Å²) in [5.74, 6) is -2.62. The van der Waals surface area contributed by atoms with E-state index in [4.69, 9.17) is 19.7 Å². The molecule has 0 spiro atoms. The molecule has 5 rings (SSSR count). The number of hydrogen-bond acceptors (Lipinski definition) is 3. The lowest BCUT2D eigenvalue weighted by atomic mass is 9.90. The fourth-order valence-corrected chi connectivity index (χ4v) is 5.45. The van der Waals surface area contributed by atoms with Crippen molar-refractivity contribution < 1.29 is 22.0 Å². The van der Waals surface area contributed by atoms with E-state index in [1.54, 1.807) is 49.4 Å². The van der Waals surface area contributed by atoms with Crippen molar-refractivity contribution in [3.63, 3.8) is 0 Å². The van der Waals surface area contributed by atoms with E-state index in [0.29, 0.717) is 12.1 Å². The Hall–Kier alpha value is -6.79. The van der Waals surface area contributed by atoms with Crippen LogP contribution in [0.5, 0.6) is 0 Å². The second kappa shape index (κ2) is 10.8. The number of benzene rings is 3. The van der Waals surface area contributed by atoms with Crippen molar-refractivity contribution in [3.05, 3.63) is 150 Å². The first-order valence-electron chi connectivity index (χ1n) is 12.6. The summed E-state index contributed by atoms with van der Waals surface area (Å²) < 4.78 is 73.7. The van der Waals surface area contributed by atoms with Crippen LogP contribution in [0.4, 0.5) is 22.0 Å². The molecule has 0 saturated carbocycles. The van der Waals surface area contributed by atoms with Crippen molar-refractivity contribution in [2.75, 3.05) is 0 Å². The summed E-state index contributed by atoms with van der Waals surface area (Å²) >= 11 is 0. The van der Waals surface area contributed by atoms with Gasteiger partial charge in [0.15, 0.2) is 0 Å². The molecule has 0 aliphatic heterocycles. The minimum absolute atomic E-state index is 0.101. The maximum atomic E-state index is 16.9. The summed E-state index contributed by atoms with van der Waals surface area (Å²) in [7, 11) is 0. The van der Waals surface area contributed by atoms with E-state index in [0.717, 1.165) is 17.7 Å². The summed E-state index contributed by atoms with van der Waals surface area (Å²) in [5.41, 5.74) is -6.71. The average Bonchev–Trinajstić information content (AvgIpc) is 3.56. The molecule has 0 atom stereocenters. The van der Waals surface area contributed by atoms with E-state index in [1.807, 2.05) is 0 Å². The Morgan fingerprint density at radius 2 is 1.16 bits per heavy atom. The summed E-state index contributed by atoms with van der Waals surface area (Å²) in [5, 5.41) is 29.9. The van der Waals surface area contributed by atoms with Gasteiger partial charge in [-0.05, 0) is 46.9 Å². The van der Waals surface area contributed by atoms with Crippen molar-refractivity contribution >= 4 is 33.6 Å². The van der Waals surface area contributed by atoms with Gasteiger partial charge >= 0.3 is 6.18 Å². The van der Waals surface area contributed by atoms with Gasteiger partial charge in [-0.2, -0.15) is 18.4 Å². The first-order valence-corrected chi connectivity index (χ1v) is 12.6. The predicted octanol–water partition coefficient (Wildman–Crippen LogP) is 8.85. The zero-order valence-electron chi connectivity index (χ0n) is 22.7. The number of nitriles is 3. The predicted molar refractivity (Wildman–Crippen MR) is 153 cm³/mol. The van der Waals surface area contributed by atoms with Crippen LogP contribution in [0.3, 0.4) is 0 Å². The van der Waals surface area contributed by atoms with E-state index < -0.39 is 73.9 Å². The zero-order valence-corrected chi connectivity index (χ0v) is 22.7. The van der Waals surface area contributed by atoms with E-state index in [2.05, 4.69) is 14.5 Å². The normalized spacial score (nSPS) is 15.6. The first-order chi connectivity index (χ1) is 21.5. The number of fused-ring (bicyclic) bond motifs is 2. The molecule has 0 radical (unpaired) electrons. The van der Waals surface area contributed by atoms with Crippen LogP contribution in [0.2, 0.25) is 0 Å². The molecule has 3 aromatic rings. The van der Waals surface area contributed by atoms with Crippen LogP contribution in [-0.2, 0) is 6.18 Å². The van der Waals surface area contributed by atoms with Gasteiger partial charge in [0.25, 0.3) is 11.4 Å². The van der Waals surface area contributed by atoms with Crippen LogP contribution in [0.1, 0.15) is 44.5 Å². The molecule has 11 heteroatoms. The Labute approximate surface area is 252 Å². The lowest BCUT2D eigenvalue weighted by Crippen LogP contribution is -2.05. The highest BCUT2D eigenvalue weighted by Gasteiger charge is 2.44. The highest BCUT2D eigenvalue weighted by atomic mass is 19.4. The maximum absolute atomic E-state index is 16.9. The SMILES string of the molecule is [C-]#[N+]C1=C(c2ccc(C)cc2)/C(=C(/C#N)[N+]#[C-])c2c(F)c3c(c(F)c21)/C(=C(/C#N)[N+]#[C-])C(c1ccc(C(F)(F)F)cc1)=C3C#N. The second-order valence-corrected chi connectivity index (χ2v) is 9.66. The molecule has 0 aromatic heterocycles. The molecule has 45 heavy (non-hydrogen) atoms. The summed E-state index contributed by atoms with van der Waals surface area (Å²) in [6.45, 7) is 24.8. The van der Waals surface area contributed by atoms with Crippen molar-refractivity contribution in [1.82, 2.24) is 0 Å². The molecule has 2 aliphatic rings. The van der Waals surface area contributed by atoms with Gasteiger partial charge < -0.3 is 0 Å². The molecule has 0 fully saturated rings. The molecule has 0 bridgehead atoms. The van der Waals surface area contributed by atoms with Gasteiger partial charge in [-0.1, -0.05) is 42.0 Å². The second-order valence-electron chi connectivity index (χ2n) is 9.66. The fourth-order valence-electron chi connectivity index (χ4n) is 5.45. The Bertz CT molecular complexity index is 2230. The quantitative estimate of drug-likeness (QED) is 0.168. The number of alkyl halides is 3. The van der Waals surface area contributed by atoms with Gasteiger partial charge in [0.05, 0.1) is 43.0 Å². The van der Waals surface area contributed by atoms with E-state index in [9.17, 15) is 29.0 Å². The molecule has 0 amide bonds. The first kappa shape index (κ1) is 29.7. The van der Waals surface area contributed by atoms with Crippen molar-refractivity contribution in [2.45, 2.75) is 13.1 Å². The van der Waals surface area contributed by atoms with Crippen LogP contribution >= 0.6 is 0 Å². The summed E-state index contributed by atoms with van der Waals surface area (Å²) in [6.07, 6.45) is -4.72. The van der Waals surface area contributed by atoms with E-state index >= 15 is 8.78 Å². The summed E-state index contributed by atoms with van der Waals surface area (Å²) in [4.78, 5) is 9.77. The number of hydrogen-bond donors (Lipinski definition) is 0. The van der Waals surface area contributed by atoms with E-state index in [-0.39, 0.29) is 27.8 Å². The molecule has 0 unspecified atom stereocenters. The minimum Gasteiger partial charge on any atom is -0.237 e. The molecule has 212 valence electrons. The third-order valence-corrected chi connectivity index (χ3v) is 7.33. The molecular formula is C34H11F5N6. The molecular weight excluding hydrogens is 587 g/mol.